The monoisotopic (exact) mass is 285 g/mol. The normalized spacial score (nSPS) is 11.9. The summed E-state index contributed by atoms with van der Waals surface area (Å²) in [7, 11) is -3.42. The van der Waals surface area contributed by atoms with Crippen molar-refractivity contribution >= 4 is 15.9 Å². The summed E-state index contributed by atoms with van der Waals surface area (Å²) in [5.74, 6) is 0. The van der Waals surface area contributed by atoms with E-state index in [2.05, 4.69) is 4.72 Å². The fraction of sp³-hybridized carbons (Fsp3) is 0.538. The van der Waals surface area contributed by atoms with Gasteiger partial charge in [-0.05, 0) is 30.5 Å². The highest BCUT2D eigenvalue weighted by molar-refractivity contribution is 7.87. The Morgan fingerprint density at radius 1 is 1.21 bits per heavy atom. The largest absolute Gasteiger partial charge is 0.399 e. The number of nitrogen functional groups attached to an aromatic ring is 1. The molecular weight excluding hydrogens is 262 g/mol. The molecule has 108 valence electrons. The van der Waals surface area contributed by atoms with Crippen LogP contribution in [-0.4, -0.2) is 25.8 Å². The van der Waals surface area contributed by atoms with E-state index in [0.717, 1.165) is 18.4 Å². The highest BCUT2D eigenvalue weighted by Crippen LogP contribution is 2.08. The lowest BCUT2D eigenvalue weighted by Crippen LogP contribution is -2.41. The number of nitrogens with one attached hydrogen (secondary N) is 1. The minimum Gasteiger partial charge on any atom is -0.399 e. The van der Waals surface area contributed by atoms with Gasteiger partial charge in [-0.2, -0.15) is 17.4 Å². The van der Waals surface area contributed by atoms with Gasteiger partial charge < -0.3 is 5.73 Å². The number of hydrogen-bond donors (Lipinski definition) is 2. The summed E-state index contributed by atoms with van der Waals surface area (Å²) >= 11 is 0. The van der Waals surface area contributed by atoms with E-state index < -0.39 is 10.2 Å². The van der Waals surface area contributed by atoms with Crippen molar-refractivity contribution in [3.05, 3.63) is 29.8 Å². The van der Waals surface area contributed by atoms with Gasteiger partial charge in [-0.3, -0.25) is 0 Å². The molecule has 6 heteroatoms. The minimum atomic E-state index is -3.42. The van der Waals surface area contributed by atoms with E-state index in [1.807, 2.05) is 26.0 Å². The zero-order valence-corrected chi connectivity index (χ0v) is 12.4. The molecule has 3 N–H and O–H groups in total. The fourth-order valence-electron chi connectivity index (χ4n) is 1.82. The smallest absolute Gasteiger partial charge is 0.279 e. The maximum absolute atomic E-state index is 12.2. The summed E-state index contributed by atoms with van der Waals surface area (Å²) in [6.07, 6.45) is 1.61. The standard InChI is InChI=1S/C13H23N3O2S/c1-3-8-16(9-4-2)19(17,18)15-11-12-6-5-7-13(14)10-12/h5-7,10,15H,3-4,8-9,11,14H2,1-2H3. The van der Waals surface area contributed by atoms with Crippen molar-refractivity contribution in [3.8, 4) is 0 Å². The topological polar surface area (TPSA) is 75.4 Å². The Morgan fingerprint density at radius 3 is 2.37 bits per heavy atom. The molecule has 0 radical (unpaired) electrons. The van der Waals surface area contributed by atoms with E-state index in [4.69, 9.17) is 5.73 Å². The van der Waals surface area contributed by atoms with Crippen LogP contribution < -0.4 is 10.5 Å². The van der Waals surface area contributed by atoms with E-state index in [-0.39, 0.29) is 6.54 Å². The van der Waals surface area contributed by atoms with Crippen LogP contribution in [-0.2, 0) is 16.8 Å². The number of anilines is 1. The van der Waals surface area contributed by atoms with Crippen LogP contribution in [0.1, 0.15) is 32.3 Å². The van der Waals surface area contributed by atoms with Crippen molar-refractivity contribution in [2.24, 2.45) is 0 Å². The van der Waals surface area contributed by atoms with Crippen molar-refractivity contribution in [2.75, 3.05) is 18.8 Å². The third-order valence-electron chi connectivity index (χ3n) is 2.70. The Bertz CT molecular complexity index is 482. The molecule has 0 bridgehead atoms. The Kier molecular flexibility index (Phi) is 6.27. The molecule has 1 aromatic carbocycles. The Hall–Kier alpha value is -1.11. The summed E-state index contributed by atoms with van der Waals surface area (Å²) in [5.41, 5.74) is 7.16. The van der Waals surface area contributed by atoms with E-state index in [1.165, 1.54) is 4.31 Å². The first-order valence-electron chi connectivity index (χ1n) is 6.58. The van der Waals surface area contributed by atoms with Gasteiger partial charge in [-0.1, -0.05) is 26.0 Å². The van der Waals surface area contributed by atoms with Gasteiger partial charge in [-0.15, -0.1) is 0 Å². The van der Waals surface area contributed by atoms with Crippen molar-refractivity contribution in [3.63, 3.8) is 0 Å². The van der Waals surface area contributed by atoms with Crippen LogP contribution in [0, 0.1) is 0 Å². The van der Waals surface area contributed by atoms with Crippen LogP contribution in [0.25, 0.3) is 0 Å². The van der Waals surface area contributed by atoms with Crippen LogP contribution in [0.4, 0.5) is 5.69 Å². The number of rotatable bonds is 8. The molecule has 0 aliphatic heterocycles. The van der Waals surface area contributed by atoms with Crippen molar-refractivity contribution < 1.29 is 8.42 Å². The molecule has 0 amide bonds. The molecule has 19 heavy (non-hydrogen) atoms. The van der Waals surface area contributed by atoms with Gasteiger partial charge in [-0.25, -0.2) is 0 Å². The average Bonchev–Trinajstić information content (AvgIpc) is 2.36. The summed E-state index contributed by atoms with van der Waals surface area (Å²) in [5, 5.41) is 0. The van der Waals surface area contributed by atoms with E-state index in [1.54, 1.807) is 12.1 Å². The second kappa shape index (κ2) is 7.47. The molecule has 5 nitrogen and oxygen atoms in total. The second-order valence-electron chi connectivity index (χ2n) is 4.47. The fourth-order valence-corrected chi connectivity index (χ4v) is 3.20. The summed E-state index contributed by atoms with van der Waals surface area (Å²) in [4.78, 5) is 0. The maximum Gasteiger partial charge on any atom is 0.279 e. The van der Waals surface area contributed by atoms with Crippen LogP contribution in [0.15, 0.2) is 24.3 Å². The SMILES string of the molecule is CCCN(CCC)S(=O)(=O)NCc1cccc(N)c1. The van der Waals surface area contributed by atoms with E-state index in [9.17, 15) is 8.42 Å². The first-order valence-corrected chi connectivity index (χ1v) is 8.02. The molecule has 0 heterocycles. The highest BCUT2D eigenvalue weighted by atomic mass is 32.2. The Morgan fingerprint density at radius 2 is 1.84 bits per heavy atom. The maximum atomic E-state index is 12.2. The summed E-state index contributed by atoms with van der Waals surface area (Å²) in [6.45, 7) is 5.28. The highest BCUT2D eigenvalue weighted by Gasteiger charge is 2.19. The lowest BCUT2D eigenvalue weighted by Gasteiger charge is -2.21. The average molecular weight is 285 g/mol. The first kappa shape index (κ1) is 15.9. The summed E-state index contributed by atoms with van der Waals surface area (Å²) < 4.78 is 28.4. The molecule has 0 saturated carbocycles. The molecule has 0 aliphatic carbocycles. The van der Waals surface area contributed by atoms with Gasteiger partial charge in [0.25, 0.3) is 10.2 Å². The van der Waals surface area contributed by atoms with Crippen molar-refractivity contribution in [1.29, 1.82) is 0 Å². The predicted molar refractivity (Wildman–Crippen MR) is 78.8 cm³/mol. The lowest BCUT2D eigenvalue weighted by molar-refractivity contribution is 0.401. The minimum absolute atomic E-state index is 0.261. The molecular formula is C13H23N3O2S. The third-order valence-corrected chi connectivity index (χ3v) is 4.25. The van der Waals surface area contributed by atoms with Gasteiger partial charge in [0, 0.05) is 25.3 Å². The predicted octanol–water partition coefficient (Wildman–Crippen LogP) is 1.73. The van der Waals surface area contributed by atoms with Gasteiger partial charge in [0.05, 0.1) is 0 Å². The van der Waals surface area contributed by atoms with E-state index >= 15 is 0 Å². The number of nitrogens with zero attached hydrogens (tertiary/aromatic N) is 1. The number of benzene rings is 1. The molecule has 1 aromatic rings. The van der Waals surface area contributed by atoms with Crippen LogP contribution in [0.3, 0.4) is 0 Å². The molecule has 0 fully saturated rings. The summed E-state index contributed by atoms with van der Waals surface area (Å²) in [6, 6.07) is 7.21. The molecule has 0 atom stereocenters. The van der Waals surface area contributed by atoms with E-state index in [0.29, 0.717) is 18.8 Å². The van der Waals surface area contributed by atoms with Gasteiger partial charge in [0.1, 0.15) is 0 Å². The third kappa shape index (κ3) is 5.18. The Balaban J connectivity index is 2.67. The van der Waals surface area contributed by atoms with Crippen molar-refractivity contribution in [2.45, 2.75) is 33.2 Å². The Labute approximate surface area is 116 Å². The lowest BCUT2D eigenvalue weighted by atomic mass is 10.2. The van der Waals surface area contributed by atoms with Gasteiger partial charge in [0.2, 0.25) is 0 Å². The van der Waals surface area contributed by atoms with Crippen LogP contribution >= 0.6 is 0 Å². The molecule has 1 rings (SSSR count). The number of hydrogen-bond acceptors (Lipinski definition) is 3. The molecule has 0 unspecified atom stereocenters. The molecule has 0 aromatic heterocycles. The zero-order chi connectivity index (χ0) is 14.3. The second-order valence-corrected chi connectivity index (χ2v) is 6.23. The molecule has 0 aliphatic rings. The van der Waals surface area contributed by atoms with Gasteiger partial charge in [0.15, 0.2) is 0 Å². The molecule has 0 saturated heterocycles. The quantitative estimate of drug-likeness (QED) is 0.714. The van der Waals surface area contributed by atoms with Crippen LogP contribution in [0.2, 0.25) is 0 Å². The van der Waals surface area contributed by atoms with Crippen molar-refractivity contribution in [1.82, 2.24) is 9.03 Å². The zero-order valence-electron chi connectivity index (χ0n) is 11.6. The number of nitrogens with two attached hydrogens (primary N) is 1. The van der Waals surface area contributed by atoms with Crippen LogP contribution in [0.5, 0.6) is 0 Å². The molecule has 0 spiro atoms. The van der Waals surface area contributed by atoms with Gasteiger partial charge >= 0.3 is 0 Å². The first-order chi connectivity index (χ1) is 8.99.